The van der Waals surface area contributed by atoms with Crippen LogP contribution in [-0.4, -0.2) is 0 Å². The second-order valence-corrected chi connectivity index (χ2v) is 4.78. The Kier molecular flexibility index (Phi) is 3.69. The summed E-state index contributed by atoms with van der Waals surface area (Å²) >= 11 is 0. The number of fused-ring (bicyclic) bond motifs is 4. The van der Waals surface area contributed by atoms with Gasteiger partial charge in [-0.3, -0.25) is 0 Å². The van der Waals surface area contributed by atoms with Gasteiger partial charge in [-0.2, -0.15) is 0 Å². The van der Waals surface area contributed by atoms with Gasteiger partial charge in [-0.15, -0.1) is 0 Å². The molecule has 2 bridgehead atoms. The largest absolute Gasteiger partial charge is 0.0530 e. The van der Waals surface area contributed by atoms with E-state index in [1.54, 1.807) is 0 Å². The van der Waals surface area contributed by atoms with Gasteiger partial charge in [-0.05, 0) is 37.5 Å². The Morgan fingerprint density at radius 2 is 1.08 bits per heavy atom. The highest BCUT2D eigenvalue weighted by atomic mass is 14.2. The van der Waals surface area contributed by atoms with Crippen molar-refractivity contribution < 1.29 is 0 Å². The molecule has 2 rings (SSSR count). The third-order valence-corrected chi connectivity index (χ3v) is 3.72. The minimum atomic E-state index is 0.963. The molecule has 0 nitrogen and oxygen atoms in total. The highest BCUT2D eigenvalue weighted by Crippen LogP contribution is 2.32. The Hall–Kier alpha value is 0. The molecule has 0 aromatic carbocycles. The van der Waals surface area contributed by atoms with Crippen molar-refractivity contribution in [2.45, 2.75) is 57.8 Å². The van der Waals surface area contributed by atoms with Crippen LogP contribution in [0.1, 0.15) is 57.8 Å². The Labute approximate surface area is 83.1 Å². The van der Waals surface area contributed by atoms with Crippen molar-refractivity contribution in [3.8, 4) is 0 Å². The van der Waals surface area contributed by atoms with E-state index in [-0.39, 0.29) is 0 Å². The molecule has 0 heteroatoms. The third-order valence-electron chi connectivity index (χ3n) is 3.72. The van der Waals surface area contributed by atoms with Gasteiger partial charge in [0.2, 0.25) is 0 Å². The summed E-state index contributed by atoms with van der Waals surface area (Å²) < 4.78 is 0. The second-order valence-electron chi connectivity index (χ2n) is 4.78. The average Bonchev–Trinajstić information content (AvgIpc) is 2.33. The van der Waals surface area contributed by atoms with E-state index in [1.165, 1.54) is 57.8 Å². The summed E-state index contributed by atoms with van der Waals surface area (Å²) in [6, 6.07) is 0. The summed E-state index contributed by atoms with van der Waals surface area (Å²) in [5.74, 6) is 1.93. The average molecular weight is 178 g/mol. The summed E-state index contributed by atoms with van der Waals surface area (Å²) in [5, 5.41) is 0. The Balaban J connectivity index is 1.95. The molecule has 0 spiro atoms. The quantitative estimate of drug-likeness (QED) is 0.522. The van der Waals surface area contributed by atoms with E-state index in [0.717, 1.165) is 11.8 Å². The van der Waals surface area contributed by atoms with Gasteiger partial charge in [0.25, 0.3) is 0 Å². The summed E-state index contributed by atoms with van der Waals surface area (Å²) in [6.07, 6.45) is 18.2. The highest BCUT2D eigenvalue weighted by Gasteiger charge is 2.17. The molecule has 0 N–H and O–H groups in total. The van der Waals surface area contributed by atoms with Gasteiger partial charge >= 0.3 is 0 Å². The zero-order valence-corrected chi connectivity index (χ0v) is 8.67. The first-order chi connectivity index (χ1) is 6.45. The molecule has 0 heterocycles. The van der Waals surface area contributed by atoms with Crippen molar-refractivity contribution in [2.75, 3.05) is 0 Å². The van der Waals surface area contributed by atoms with E-state index in [1.807, 2.05) is 0 Å². The van der Waals surface area contributed by atoms with E-state index in [0.29, 0.717) is 0 Å². The molecule has 2 atom stereocenters. The van der Waals surface area contributed by atoms with Gasteiger partial charge in [0.05, 0.1) is 0 Å². The van der Waals surface area contributed by atoms with E-state index in [2.05, 4.69) is 12.8 Å². The van der Waals surface area contributed by atoms with Gasteiger partial charge in [0.15, 0.2) is 0 Å². The highest BCUT2D eigenvalue weighted by molar-refractivity contribution is 4.87. The molecular weight excluding hydrogens is 156 g/mol. The third kappa shape index (κ3) is 3.00. The second kappa shape index (κ2) is 5.02. The van der Waals surface area contributed by atoms with Crippen LogP contribution in [0.2, 0.25) is 0 Å². The molecule has 0 aliphatic heterocycles. The van der Waals surface area contributed by atoms with E-state index >= 15 is 0 Å². The van der Waals surface area contributed by atoms with Crippen LogP contribution in [0.15, 0.2) is 0 Å². The van der Waals surface area contributed by atoms with Crippen molar-refractivity contribution in [3.63, 3.8) is 0 Å². The minimum absolute atomic E-state index is 0.963. The van der Waals surface area contributed by atoms with Gasteiger partial charge in [0, 0.05) is 0 Å². The van der Waals surface area contributed by atoms with Crippen LogP contribution in [0.3, 0.4) is 0 Å². The fraction of sp³-hybridized carbons (Fsp3) is 0.846. The molecule has 2 unspecified atom stereocenters. The van der Waals surface area contributed by atoms with Gasteiger partial charge in [0.1, 0.15) is 0 Å². The van der Waals surface area contributed by atoms with E-state index in [9.17, 15) is 0 Å². The first kappa shape index (κ1) is 9.55. The summed E-state index contributed by atoms with van der Waals surface area (Å²) in [4.78, 5) is 0. The molecule has 0 aromatic rings. The maximum absolute atomic E-state index is 2.60. The Bertz CT molecular complexity index is 111. The SMILES string of the molecule is [CH]1CC[CH]C2CCCCC1CCC2. The van der Waals surface area contributed by atoms with Crippen LogP contribution < -0.4 is 0 Å². The Morgan fingerprint density at radius 3 is 1.62 bits per heavy atom. The van der Waals surface area contributed by atoms with Crippen LogP contribution >= 0.6 is 0 Å². The van der Waals surface area contributed by atoms with Gasteiger partial charge < -0.3 is 0 Å². The van der Waals surface area contributed by atoms with Crippen LogP contribution in [0.4, 0.5) is 0 Å². The predicted molar refractivity (Wildman–Crippen MR) is 57.1 cm³/mol. The predicted octanol–water partition coefficient (Wildman–Crippen LogP) is 4.17. The molecule has 2 radical (unpaired) electrons. The molecule has 2 fully saturated rings. The van der Waals surface area contributed by atoms with Crippen molar-refractivity contribution in [1.29, 1.82) is 0 Å². The monoisotopic (exact) mass is 178 g/mol. The fourth-order valence-electron chi connectivity index (χ4n) is 2.88. The Morgan fingerprint density at radius 1 is 0.615 bits per heavy atom. The van der Waals surface area contributed by atoms with Gasteiger partial charge in [-0.1, -0.05) is 44.9 Å². The smallest absolute Gasteiger partial charge is 0.0355 e. The van der Waals surface area contributed by atoms with Crippen molar-refractivity contribution >= 4 is 0 Å². The van der Waals surface area contributed by atoms with E-state index < -0.39 is 0 Å². The standard InChI is InChI=1S/C13H22/c1-2-7-13-9-4-3-8-12(6-1)10-5-11-13/h6-7,12-13H,1-5,8-11H2. The number of rotatable bonds is 0. The lowest BCUT2D eigenvalue weighted by Gasteiger charge is -2.16. The van der Waals surface area contributed by atoms with Crippen molar-refractivity contribution in [3.05, 3.63) is 12.8 Å². The molecule has 0 amide bonds. The summed E-state index contributed by atoms with van der Waals surface area (Å²) in [6.45, 7) is 0. The van der Waals surface area contributed by atoms with Crippen molar-refractivity contribution in [1.82, 2.24) is 0 Å². The minimum Gasteiger partial charge on any atom is -0.0530 e. The molecule has 13 heavy (non-hydrogen) atoms. The maximum atomic E-state index is 2.60. The van der Waals surface area contributed by atoms with Crippen LogP contribution in [0, 0.1) is 24.7 Å². The summed E-state index contributed by atoms with van der Waals surface area (Å²) in [7, 11) is 0. The lowest BCUT2D eigenvalue weighted by Crippen LogP contribution is -2.02. The molecule has 2 saturated carbocycles. The zero-order valence-electron chi connectivity index (χ0n) is 8.67. The molecule has 0 saturated heterocycles. The lowest BCUT2D eigenvalue weighted by atomic mass is 9.90. The normalized spacial score (nSPS) is 36.9. The zero-order chi connectivity index (χ0) is 8.93. The first-order valence-corrected chi connectivity index (χ1v) is 6.12. The van der Waals surface area contributed by atoms with Crippen LogP contribution in [-0.2, 0) is 0 Å². The number of hydrogen-bond donors (Lipinski definition) is 0. The molecule has 2 aliphatic carbocycles. The maximum Gasteiger partial charge on any atom is -0.0355 e. The molecule has 0 aromatic heterocycles. The van der Waals surface area contributed by atoms with Crippen molar-refractivity contribution in [2.24, 2.45) is 11.8 Å². The molecular formula is C13H22. The van der Waals surface area contributed by atoms with Gasteiger partial charge in [-0.25, -0.2) is 0 Å². The fourth-order valence-corrected chi connectivity index (χ4v) is 2.88. The topological polar surface area (TPSA) is 0 Å². The first-order valence-electron chi connectivity index (χ1n) is 6.12. The number of hydrogen-bond acceptors (Lipinski definition) is 0. The molecule has 2 aliphatic rings. The molecule has 74 valence electrons. The van der Waals surface area contributed by atoms with E-state index in [4.69, 9.17) is 0 Å². The summed E-state index contributed by atoms with van der Waals surface area (Å²) in [5.41, 5.74) is 0. The van der Waals surface area contributed by atoms with Crippen LogP contribution in [0.25, 0.3) is 0 Å². The lowest BCUT2D eigenvalue weighted by molar-refractivity contribution is 0.465. The van der Waals surface area contributed by atoms with Crippen LogP contribution in [0.5, 0.6) is 0 Å².